The molecule has 0 spiro atoms. The van der Waals surface area contributed by atoms with Crippen LogP contribution in [0, 0.1) is 11.8 Å². The van der Waals surface area contributed by atoms with E-state index in [2.05, 4.69) is 10.1 Å². The van der Waals surface area contributed by atoms with Gasteiger partial charge in [-0.3, -0.25) is 0 Å². The fourth-order valence-corrected chi connectivity index (χ4v) is 3.92. The Bertz CT molecular complexity index is 585. The van der Waals surface area contributed by atoms with E-state index in [1.54, 1.807) is 6.07 Å². The van der Waals surface area contributed by atoms with Crippen LogP contribution in [0.2, 0.25) is 0 Å². The number of esters is 1. The van der Waals surface area contributed by atoms with Crippen LogP contribution in [0.15, 0.2) is 29.4 Å². The topological polar surface area (TPSA) is 62.1 Å². The SMILES string of the molecule is COC(=O)c1ccccc1N(C)[C@@H]1/C(=N\O)[C@H]2CC[C@@H]1C2. The Kier molecular flexibility index (Phi) is 3.57. The van der Waals surface area contributed by atoms with Gasteiger partial charge in [0.2, 0.25) is 0 Å². The smallest absolute Gasteiger partial charge is 0.339 e. The number of hydrogen-bond acceptors (Lipinski definition) is 5. The average Bonchev–Trinajstić information content (AvgIpc) is 3.14. The zero-order valence-corrected chi connectivity index (χ0v) is 12.3. The maximum Gasteiger partial charge on any atom is 0.339 e. The van der Waals surface area contributed by atoms with Gasteiger partial charge in [-0.15, -0.1) is 0 Å². The highest BCUT2D eigenvalue weighted by atomic mass is 16.5. The summed E-state index contributed by atoms with van der Waals surface area (Å²) in [4.78, 5) is 14.0. The first-order valence-corrected chi connectivity index (χ1v) is 7.29. The number of benzene rings is 1. The van der Waals surface area contributed by atoms with Crippen molar-refractivity contribution in [1.82, 2.24) is 0 Å². The van der Waals surface area contributed by atoms with E-state index < -0.39 is 0 Å². The van der Waals surface area contributed by atoms with Crippen LogP contribution < -0.4 is 4.90 Å². The van der Waals surface area contributed by atoms with E-state index in [0.717, 1.165) is 30.7 Å². The van der Waals surface area contributed by atoms with Gasteiger partial charge in [0.05, 0.1) is 30.1 Å². The first kappa shape index (κ1) is 13.9. The molecular weight excluding hydrogens is 268 g/mol. The third kappa shape index (κ3) is 2.17. The molecule has 0 aliphatic heterocycles. The van der Waals surface area contributed by atoms with Crippen LogP contribution in [0.1, 0.15) is 29.6 Å². The predicted molar refractivity (Wildman–Crippen MR) is 80.0 cm³/mol. The van der Waals surface area contributed by atoms with Crippen molar-refractivity contribution in [3.05, 3.63) is 29.8 Å². The number of rotatable bonds is 3. The van der Waals surface area contributed by atoms with E-state index in [1.165, 1.54) is 7.11 Å². The number of para-hydroxylation sites is 1. The average molecular weight is 288 g/mol. The van der Waals surface area contributed by atoms with Crippen molar-refractivity contribution >= 4 is 17.4 Å². The van der Waals surface area contributed by atoms with Crippen LogP contribution in [0.3, 0.4) is 0 Å². The van der Waals surface area contributed by atoms with Crippen LogP contribution in [0.4, 0.5) is 5.69 Å². The predicted octanol–water partition coefficient (Wildman–Crippen LogP) is 2.54. The van der Waals surface area contributed by atoms with Gasteiger partial charge in [0.15, 0.2) is 0 Å². The minimum atomic E-state index is -0.344. The molecule has 0 radical (unpaired) electrons. The molecule has 1 N–H and O–H groups in total. The van der Waals surface area contributed by atoms with Gasteiger partial charge < -0.3 is 14.8 Å². The summed E-state index contributed by atoms with van der Waals surface area (Å²) in [5, 5.41) is 12.9. The number of methoxy groups -OCH3 is 1. The van der Waals surface area contributed by atoms with E-state index in [1.807, 2.05) is 25.2 Å². The summed E-state index contributed by atoms with van der Waals surface area (Å²) in [5.41, 5.74) is 2.22. The highest BCUT2D eigenvalue weighted by Crippen LogP contribution is 2.45. The normalized spacial score (nSPS) is 28.9. The number of nitrogens with zero attached hydrogens (tertiary/aromatic N) is 2. The number of carbonyl (C=O) groups is 1. The molecule has 2 aliphatic carbocycles. The second-order valence-corrected chi connectivity index (χ2v) is 5.86. The summed E-state index contributed by atoms with van der Waals surface area (Å²) >= 11 is 0. The van der Waals surface area contributed by atoms with Crippen LogP contribution in [0.25, 0.3) is 0 Å². The summed E-state index contributed by atoms with van der Waals surface area (Å²) in [6.07, 6.45) is 3.33. The molecule has 0 unspecified atom stereocenters. The lowest BCUT2D eigenvalue weighted by Crippen LogP contribution is -2.43. The molecule has 5 heteroatoms. The van der Waals surface area contributed by atoms with Gasteiger partial charge in [-0.2, -0.15) is 0 Å². The molecule has 5 nitrogen and oxygen atoms in total. The van der Waals surface area contributed by atoms with Crippen molar-refractivity contribution in [1.29, 1.82) is 0 Å². The fourth-order valence-electron chi connectivity index (χ4n) is 3.92. The Labute approximate surface area is 124 Å². The molecule has 2 bridgehead atoms. The van der Waals surface area contributed by atoms with Crippen LogP contribution >= 0.6 is 0 Å². The highest BCUT2D eigenvalue weighted by Gasteiger charge is 2.47. The molecule has 0 saturated heterocycles. The quantitative estimate of drug-likeness (QED) is 0.527. The largest absolute Gasteiger partial charge is 0.465 e. The Morgan fingerprint density at radius 2 is 2.14 bits per heavy atom. The molecule has 3 atom stereocenters. The zero-order valence-electron chi connectivity index (χ0n) is 12.3. The second-order valence-electron chi connectivity index (χ2n) is 5.86. The van der Waals surface area contributed by atoms with Crippen molar-refractivity contribution in [2.75, 3.05) is 19.1 Å². The maximum absolute atomic E-state index is 11.9. The van der Waals surface area contributed by atoms with Crippen molar-refractivity contribution in [3.8, 4) is 0 Å². The summed E-state index contributed by atoms with van der Waals surface area (Å²) in [6, 6.07) is 7.47. The van der Waals surface area contributed by atoms with E-state index in [-0.39, 0.29) is 12.0 Å². The second kappa shape index (κ2) is 5.39. The molecule has 0 amide bonds. The fraction of sp³-hybridized carbons (Fsp3) is 0.500. The monoisotopic (exact) mass is 288 g/mol. The van der Waals surface area contributed by atoms with Gasteiger partial charge in [0, 0.05) is 13.0 Å². The zero-order chi connectivity index (χ0) is 15.0. The summed E-state index contributed by atoms with van der Waals surface area (Å²) in [5.74, 6) is 0.539. The molecule has 21 heavy (non-hydrogen) atoms. The van der Waals surface area contributed by atoms with Crippen LogP contribution in [-0.2, 0) is 4.74 Å². The molecule has 3 rings (SSSR count). The van der Waals surface area contributed by atoms with E-state index in [9.17, 15) is 10.0 Å². The number of carbonyl (C=O) groups excluding carboxylic acids is 1. The molecule has 112 valence electrons. The third-order valence-corrected chi connectivity index (χ3v) is 4.86. The third-order valence-electron chi connectivity index (χ3n) is 4.86. The Morgan fingerprint density at radius 3 is 2.86 bits per heavy atom. The summed E-state index contributed by atoms with van der Waals surface area (Å²) in [7, 11) is 3.34. The number of oxime groups is 1. The highest BCUT2D eigenvalue weighted by molar-refractivity contribution is 6.00. The van der Waals surface area contributed by atoms with Crippen molar-refractivity contribution < 1.29 is 14.7 Å². The molecule has 1 aromatic rings. The standard InChI is InChI=1S/C16H20N2O3/c1-18(13-6-4-3-5-12(13)16(19)21-2)15-11-8-7-10(9-11)14(15)17-20/h3-6,10-11,15,20H,7-9H2,1-2H3/b17-14-/t10-,11+,15-/m0/s1. The van der Waals surface area contributed by atoms with Gasteiger partial charge in [0.1, 0.15) is 0 Å². The first-order valence-electron chi connectivity index (χ1n) is 7.29. The Hall–Kier alpha value is -2.04. The lowest BCUT2D eigenvalue weighted by molar-refractivity contribution is 0.0601. The first-order chi connectivity index (χ1) is 10.2. The van der Waals surface area contributed by atoms with Crippen molar-refractivity contribution in [3.63, 3.8) is 0 Å². The van der Waals surface area contributed by atoms with Gasteiger partial charge in [-0.05, 0) is 37.3 Å². The van der Waals surface area contributed by atoms with Gasteiger partial charge in [-0.25, -0.2) is 4.79 Å². The number of fused-ring (bicyclic) bond motifs is 2. The summed E-state index contributed by atoms with van der Waals surface area (Å²) < 4.78 is 4.86. The molecule has 0 aromatic heterocycles. The number of ether oxygens (including phenoxy) is 1. The van der Waals surface area contributed by atoms with Gasteiger partial charge in [-0.1, -0.05) is 17.3 Å². The molecule has 2 saturated carbocycles. The Morgan fingerprint density at radius 1 is 1.38 bits per heavy atom. The molecule has 2 fully saturated rings. The van der Waals surface area contributed by atoms with E-state index in [0.29, 0.717) is 17.4 Å². The minimum Gasteiger partial charge on any atom is -0.465 e. The van der Waals surface area contributed by atoms with Gasteiger partial charge in [0.25, 0.3) is 0 Å². The summed E-state index contributed by atoms with van der Waals surface area (Å²) in [6.45, 7) is 0. The number of hydrogen-bond donors (Lipinski definition) is 1. The van der Waals surface area contributed by atoms with E-state index >= 15 is 0 Å². The lowest BCUT2D eigenvalue weighted by atomic mass is 9.91. The lowest BCUT2D eigenvalue weighted by Gasteiger charge is -2.34. The maximum atomic E-state index is 11.9. The molecule has 2 aliphatic rings. The minimum absolute atomic E-state index is 0.0690. The van der Waals surface area contributed by atoms with Gasteiger partial charge >= 0.3 is 5.97 Å². The molecule has 1 aromatic carbocycles. The number of anilines is 1. The molecule has 0 heterocycles. The van der Waals surface area contributed by atoms with Crippen molar-refractivity contribution in [2.24, 2.45) is 17.0 Å². The van der Waals surface area contributed by atoms with Crippen LogP contribution in [-0.4, -0.2) is 37.1 Å². The van der Waals surface area contributed by atoms with Crippen LogP contribution in [0.5, 0.6) is 0 Å². The Balaban J connectivity index is 1.96. The van der Waals surface area contributed by atoms with E-state index in [4.69, 9.17) is 4.74 Å². The van der Waals surface area contributed by atoms with Crippen molar-refractivity contribution in [2.45, 2.75) is 25.3 Å². The molecular formula is C16H20N2O3.